The van der Waals surface area contributed by atoms with Crippen molar-refractivity contribution in [2.24, 2.45) is 0 Å². The Morgan fingerprint density at radius 2 is 1.97 bits per heavy atom. The van der Waals surface area contributed by atoms with Gasteiger partial charge in [-0.15, -0.1) is 0 Å². The van der Waals surface area contributed by atoms with Crippen LogP contribution >= 0.6 is 0 Å². The van der Waals surface area contributed by atoms with Crippen LogP contribution in [0.1, 0.15) is 79.4 Å². The first-order chi connectivity index (χ1) is 15.8. The number of nitrogens with one attached hydrogen (secondary N) is 2. The first-order valence-corrected chi connectivity index (χ1v) is 11.3. The summed E-state index contributed by atoms with van der Waals surface area (Å²) in [6, 6.07) is 7.20. The van der Waals surface area contributed by atoms with Gasteiger partial charge < -0.3 is 20.1 Å². The van der Waals surface area contributed by atoms with Crippen molar-refractivity contribution >= 4 is 24.6 Å². The van der Waals surface area contributed by atoms with E-state index in [0.717, 1.165) is 49.6 Å². The predicted octanol–water partition coefficient (Wildman–Crippen LogP) is 4.17. The number of rotatable bonds is 7. The molecule has 0 spiro atoms. The normalized spacial score (nSPS) is 19.4. The van der Waals surface area contributed by atoms with E-state index in [4.69, 9.17) is 4.74 Å². The lowest BCUT2D eigenvalue weighted by Gasteiger charge is -2.23. The average Bonchev–Trinajstić information content (AvgIpc) is 3.36. The number of aromatic amines is 1. The topological polar surface area (TPSA) is 125 Å². The zero-order valence-corrected chi connectivity index (χ0v) is 19.3. The monoisotopic (exact) mass is 456 g/mol. The molecule has 9 nitrogen and oxygen atoms in total. The molecule has 0 aliphatic heterocycles. The fourth-order valence-electron chi connectivity index (χ4n) is 3.90. The number of nitrogens with zero attached hydrogens (tertiary/aromatic N) is 2. The molecule has 0 radical (unpaired) electrons. The number of phenolic OH excluding ortho intramolecular Hbond substituents is 1. The first-order valence-electron chi connectivity index (χ1n) is 11.3. The number of benzene rings is 1. The maximum atomic E-state index is 11.9. The van der Waals surface area contributed by atoms with E-state index in [1.165, 1.54) is 0 Å². The van der Waals surface area contributed by atoms with Crippen LogP contribution in [-0.2, 0) is 9.53 Å². The molecule has 1 heterocycles. The number of anilines is 1. The summed E-state index contributed by atoms with van der Waals surface area (Å²) in [6.07, 6.45) is 5.85. The van der Waals surface area contributed by atoms with E-state index >= 15 is 0 Å². The molecule has 1 aromatic carbocycles. The summed E-state index contributed by atoms with van der Waals surface area (Å²) >= 11 is 0. The Morgan fingerprint density at radius 3 is 2.61 bits per heavy atom. The molecule has 2 aromatic rings. The third kappa shape index (κ3) is 6.34. The fourth-order valence-corrected chi connectivity index (χ4v) is 3.90. The lowest BCUT2D eigenvalue weighted by Crippen LogP contribution is -2.35. The third-order valence-electron chi connectivity index (χ3n) is 6.21. The Hall–Kier alpha value is -3.36. The average molecular weight is 457 g/mol. The highest BCUT2D eigenvalue weighted by atomic mass is 16.6. The van der Waals surface area contributed by atoms with Crippen molar-refractivity contribution in [2.45, 2.75) is 69.9 Å². The molecule has 0 bridgehead atoms. The number of aldehydes is 1. The van der Waals surface area contributed by atoms with Crippen LogP contribution < -0.4 is 5.32 Å². The third-order valence-corrected chi connectivity index (χ3v) is 6.21. The van der Waals surface area contributed by atoms with Gasteiger partial charge in [-0.3, -0.25) is 14.7 Å². The molecule has 1 aromatic heterocycles. The molecule has 3 N–H and O–H groups in total. The second-order valence-corrected chi connectivity index (χ2v) is 8.86. The van der Waals surface area contributed by atoms with Crippen molar-refractivity contribution < 1.29 is 24.2 Å². The van der Waals surface area contributed by atoms with Crippen molar-refractivity contribution in [3.63, 3.8) is 0 Å². The Kier molecular flexibility index (Phi) is 8.08. The molecule has 33 heavy (non-hydrogen) atoms. The zero-order valence-electron chi connectivity index (χ0n) is 19.3. The van der Waals surface area contributed by atoms with Crippen LogP contribution in [0.2, 0.25) is 0 Å². The van der Waals surface area contributed by atoms with Gasteiger partial charge in [-0.25, -0.2) is 4.79 Å². The molecule has 9 heteroatoms. The number of phenols is 1. The summed E-state index contributed by atoms with van der Waals surface area (Å²) in [7, 11) is 1.74. The van der Waals surface area contributed by atoms with E-state index in [-0.39, 0.29) is 29.9 Å². The van der Waals surface area contributed by atoms with E-state index in [2.05, 4.69) is 15.5 Å². The van der Waals surface area contributed by atoms with Crippen LogP contribution in [0.25, 0.3) is 0 Å². The van der Waals surface area contributed by atoms with Gasteiger partial charge in [0.25, 0.3) is 0 Å². The Balaban J connectivity index is 0.000000215. The fraction of sp³-hybridized carbons (Fsp3) is 0.500. The van der Waals surface area contributed by atoms with Crippen molar-refractivity contribution in [2.75, 3.05) is 12.4 Å². The zero-order chi connectivity index (χ0) is 24.0. The Morgan fingerprint density at radius 1 is 1.24 bits per heavy atom. The van der Waals surface area contributed by atoms with Crippen LogP contribution in [0, 0.1) is 0 Å². The van der Waals surface area contributed by atoms with Gasteiger partial charge in [-0.05, 0) is 63.5 Å². The molecule has 2 unspecified atom stereocenters. The number of hydrogen-bond donors (Lipinski definition) is 3. The quantitative estimate of drug-likeness (QED) is 0.537. The highest BCUT2D eigenvalue weighted by molar-refractivity contribution is 5.82. The minimum Gasteiger partial charge on any atom is -0.507 e. The maximum Gasteiger partial charge on any atom is 0.410 e. The van der Waals surface area contributed by atoms with Crippen molar-refractivity contribution in [1.82, 2.24) is 15.1 Å². The van der Waals surface area contributed by atoms with Crippen LogP contribution in [0.5, 0.6) is 5.75 Å². The molecule has 2 aliphatic carbocycles. The van der Waals surface area contributed by atoms with Crippen molar-refractivity contribution in [1.29, 1.82) is 0 Å². The van der Waals surface area contributed by atoms with Crippen LogP contribution in [0.3, 0.4) is 0 Å². The van der Waals surface area contributed by atoms with Crippen LogP contribution in [-0.4, -0.2) is 58.2 Å². The summed E-state index contributed by atoms with van der Waals surface area (Å²) in [5.74, 6) is 1.41. The Labute approximate surface area is 193 Å². The number of hydrogen-bond acceptors (Lipinski definition) is 6. The summed E-state index contributed by atoms with van der Waals surface area (Å²) < 4.78 is 5.52. The second kappa shape index (κ2) is 11.0. The smallest absolute Gasteiger partial charge is 0.410 e. The SMILES string of the molecule is CC(C)N(C)C(=O)OC1CCC(c2cc(NC=O)n[nH]2)C1.O=Cc1c(O)cccc1C1CC1. The van der Waals surface area contributed by atoms with E-state index in [1.54, 1.807) is 24.1 Å². The number of carbonyl (C=O) groups excluding carboxylic acids is 3. The van der Waals surface area contributed by atoms with Gasteiger partial charge in [0.05, 0.1) is 5.56 Å². The van der Waals surface area contributed by atoms with Gasteiger partial charge in [0.1, 0.15) is 11.9 Å². The van der Waals surface area contributed by atoms with Gasteiger partial charge >= 0.3 is 6.09 Å². The van der Waals surface area contributed by atoms with Gasteiger partial charge in [0, 0.05) is 30.8 Å². The van der Waals surface area contributed by atoms with Gasteiger partial charge in [0.15, 0.2) is 12.1 Å². The van der Waals surface area contributed by atoms with Crippen LogP contribution in [0.15, 0.2) is 24.3 Å². The lowest BCUT2D eigenvalue weighted by atomic mass is 10.0. The molecular weight excluding hydrogens is 424 g/mol. The molecule has 2 saturated carbocycles. The largest absolute Gasteiger partial charge is 0.507 e. The summed E-state index contributed by atoms with van der Waals surface area (Å²) in [6.45, 7) is 3.90. The number of ether oxygens (including phenoxy) is 1. The second-order valence-electron chi connectivity index (χ2n) is 8.86. The molecule has 4 rings (SSSR count). The van der Waals surface area contributed by atoms with Gasteiger partial charge in [-0.1, -0.05) is 12.1 Å². The van der Waals surface area contributed by atoms with Crippen molar-refractivity contribution in [3.05, 3.63) is 41.1 Å². The summed E-state index contributed by atoms with van der Waals surface area (Å²) in [4.78, 5) is 34.5. The first kappa shape index (κ1) is 24.3. The van der Waals surface area contributed by atoms with E-state index in [9.17, 15) is 19.5 Å². The van der Waals surface area contributed by atoms with E-state index < -0.39 is 0 Å². The minimum atomic E-state index is -0.274. The highest BCUT2D eigenvalue weighted by Gasteiger charge is 2.31. The van der Waals surface area contributed by atoms with E-state index in [0.29, 0.717) is 23.7 Å². The Bertz CT molecular complexity index is 970. The van der Waals surface area contributed by atoms with Crippen molar-refractivity contribution in [3.8, 4) is 5.75 Å². The van der Waals surface area contributed by atoms with Crippen LogP contribution in [0.4, 0.5) is 10.6 Å². The molecule has 178 valence electrons. The number of aromatic hydroxyl groups is 1. The highest BCUT2D eigenvalue weighted by Crippen LogP contribution is 2.42. The number of amides is 2. The van der Waals surface area contributed by atoms with Gasteiger partial charge in [0.2, 0.25) is 6.41 Å². The predicted molar refractivity (Wildman–Crippen MR) is 124 cm³/mol. The lowest BCUT2D eigenvalue weighted by molar-refractivity contribution is -0.105. The molecule has 0 saturated heterocycles. The summed E-state index contributed by atoms with van der Waals surface area (Å²) in [5, 5.41) is 18.8. The molecular formula is C24H32N4O5. The summed E-state index contributed by atoms with van der Waals surface area (Å²) in [5.41, 5.74) is 2.44. The van der Waals surface area contributed by atoms with Gasteiger partial charge in [-0.2, -0.15) is 5.10 Å². The number of carbonyl (C=O) groups is 3. The molecule has 2 atom stereocenters. The number of aromatic nitrogens is 2. The van der Waals surface area contributed by atoms with E-state index in [1.807, 2.05) is 26.0 Å². The molecule has 2 amide bonds. The standard InChI is InChI=1S/C14H22N4O3.C10H10O2/c1-9(2)18(3)14(20)21-11-5-4-10(6-11)12-7-13(15-8-19)17-16-12;11-6-9-8(7-4-5-7)2-1-3-10(9)12/h7-11H,4-6H2,1-3H3,(H2,15,16,17,19);1-3,6-7,12H,4-5H2. The number of H-pyrrole nitrogens is 1. The molecule has 2 fully saturated rings. The molecule has 2 aliphatic rings. The maximum absolute atomic E-state index is 11.9. The minimum absolute atomic E-state index is 0.0607.